The van der Waals surface area contributed by atoms with Crippen LogP contribution in [0.5, 0.6) is 0 Å². The molecule has 3 N–H and O–H groups in total. The highest BCUT2D eigenvalue weighted by Gasteiger charge is 2.52. The fourth-order valence-corrected chi connectivity index (χ4v) is 6.14. The number of carbonyl (C=O) groups excluding carboxylic acids is 4. The largest absolute Gasteiger partial charge is 0.340 e. The van der Waals surface area contributed by atoms with E-state index < -0.39 is 18.1 Å². The number of hydrogen-bond donors (Lipinski definition) is 2. The van der Waals surface area contributed by atoms with Gasteiger partial charge in [-0.15, -0.1) is 11.3 Å². The second-order valence-electron chi connectivity index (χ2n) is 10.9. The molecule has 3 amide bonds. The molecule has 0 aliphatic carbocycles. The van der Waals surface area contributed by atoms with Crippen LogP contribution < -0.4 is 11.1 Å². The van der Waals surface area contributed by atoms with Crippen molar-refractivity contribution in [2.24, 2.45) is 17.6 Å². The van der Waals surface area contributed by atoms with Gasteiger partial charge in [-0.05, 0) is 53.8 Å². The Balaban J connectivity index is 1.47. The van der Waals surface area contributed by atoms with Gasteiger partial charge in [0.25, 0.3) is 5.91 Å². The standard InChI is InChI=1S/C29H38N4O4S/c1-5-18(4)25(30)29(37)33-16-23(34)26-22(33)12-13-32(26)28(36)21(15-17(2)3)31-27(35)20-10-8-19(9-11-20)24-7-6-14-38-24/h6-11,14,17-18,21-22,25-26H,5,12-13,15-16,30H2,1-4H3,(H,31,35). The number of likely N-dealkylation sites (tertiary alicyclic amines) is 2. The average Bonchev–Trinajstić information content (AvgIpc) is 3.65. The SMILES string of the molecule is CCC(C)C(N)C(=O)N1CC(=O)C2C1CCN2C(=O)C(CC(C)C)NC(=O)c1ccc(-c2cccs2)cc1. The van der Waals surface area contributed by atoms with Gasteiger partial charge in [-0.2, -0.15) is 0 Å². The van der Waals surface area contributed by atoms with Crippen LogP contribution in [-0.2, 0) is 14.4 Å². The van der Waals surface area contributed by atoms with Gasteiger partial charge in [0, 0.05) is 17.0 Å². The minimum absolute atomic E-state index is 0.000741. The third kappa shape index (κ3) is 5.68. The Morgan fingerprint density at radius 3 is 2.39 bits per heavy atom. The van der Waals surface area contributed by atoms with Crippen LogP contribution in [0.1, 0.15) is 57.3 Å². The maximum atomic E-state index is 13.7. The first-order valence-corrected chi connectivity index (χ1v) is 14.3. The molecule has 0 radical (unpaired) electrons. The molecule has 0 spiro atoms. The van der Waals surface area contributed by atoms with Crippen molar-refractivity contribution in [3.8, 4) is 10.4 Å². The van der Waals surface area contributed by atoms with Crippen molar-refractivity contribution < 1.29 is 19.2 Å². The third-order valence-corrected chi connectivity index (χ3v) is 8.71. The first-order valence-electron chi connectivity index (χ1n) is 13.5. The topological polar surface area (TPSA) is 113 Å². The van der Waals surface area contributed by atoms with Gasteiger partial charge in [0.2, 0.25) is 11.8 Å². The summed E-state index contributed by atoms with van der Waals surface area (Å²) in [6.45, 7) is 8.23. The van der Waals surface area contributed by atoms with Crippen molar-refractivity contribution in [1.82, 2.24) is 15.1 Å². The van der Waals surface area contributed by atoms with Crippen LogP contribution in [0, 0.1) is 11.8 Å². The minimum Gasteiger partial charge on any atom is -0.340 e. The Kier molecular flexibility index (Phi) is 8.67. The molecule has 1 aromatic heterocycles. The molecule has 204 valence electrons. The highest BCUT2D eigenvalue weighted by molar-refractivity contribution is 7.13. The highest BCUT2D eigenvalue weighted by atomic mass is 32.1. The molecule has 2 fully saturated rings. The molecule has 1 aromatic carbocycles. The summed E-state index contributed by atoms with van der Waals surface area (Å²) in [6.07, 6.45) is 1.73. The van der Waals surface area contributed by atoms with Crippen molar-refractivity contribution in [2.45, 2.75) is 71.1 Å². The Hall–Kier alpha value is -3.04. The van der Waals surface area contributed by atoms with E-state index in [4.69, 9.17) is 5.73 Å². The molecule has 0 bridgehead atoms. The first kappa shape index (κ1) is 28.0. The van der Waals surface area contributed by atoms with Gasteiger partial charge >= 0.3 is 0 Å². The fraction of sp³-hybridized carbons (Fsp3) is 0.517. The zero-order valence-corrected chi connectivity index (χ0v) is 23.4. The summed E-state index contributed by atoms with van der Waals surface area (Å²) in [4.78, 5) is 57.3. The Labute approximate surface area is 228 Å². The Morgan fingerprint density at radius 2 is 1.79 bits per heavy atom. The Morgan fingerprint density at radius 1 is 1.08 bits per heavy atom. The predicted molar refractivity (Wildman–Crippen MR) is 149 cm³/mol. The number of hydrogen-bond acceptors (Lipinski definition) is 6. The number of rotatable bonds is 9. The molecule has 38 heavy (non-hydrogen) atoms. The van der Waals surface area contributed by atoms with E-state index in [2.05, 4.69) is 5.32 Å². The minimum atomic E-state index is -0.766. The van der Waals surface area contributed by atoms with Crippen LogP contribution in [-0.4, -0.2) is 70.6 Å². The molecule has 2 aliphatic rings. The smallest absolute Gasteiger partial charge is 0.251 e. The van der Waals surface area contributed by atoms with Gasteiger partial charge < -0.3 is 20.9 Å². The second-order valence-corrected chi connectivity index (χ2v) is 11.8. The summed E-state index contributed by atoms with van der Waals surface area (Å²) in [5, 5.41) is 4.93. The van der Waals surface area contributed by atoms with Gasteiger partial charge in [-0.1, -0.05) is 52.3 Å². The molecule has 3 heterocycles. The Bertz CT molecular complexity index is 1160. The van der Waals surface area contributed by atoms with Crippen LogP contribution in [0.4, 0.5) is 0 Å². The predicted octanol–water partition coefficient (Wildman–Crippen LogP) is 3.31. The van der Waals surface area contributed by atoms with E-state index in [0.717, 1.165) is 16.9 Å². The molecule has 2 aliphatic heterocycles. The number of thiophene rings is 1. The summed E-state index contributed by atoms with van der Waals surface area (Å²) >= 11 is 1.63. The molecule has 9 heteroatoms. The lowest BCUT2D eigenvalue weighted by atomic mass is 9.98. The molecule has 5 atom stereocenters. The number of benzene rings is 1. The molecular formula is C29H38N4O4S. The van der Waals surface area contributed by atoms with Crippen LogP contribution >= 0.6 is 11.3 Å². The van der Waals surface area contributed by atoms with Crippen LogP contribution in [0.3, 0.4) is 0 Å². The van der Waals surface area contributed by atoms with Gasteiger partial charge in [0.15, 0.2) is 5.78 Å². The van der Waals surface area contributed by atoms with Crippen LogP contribution in [0.15, 0.2) is 41.8 Å². The number of amides is 3. The summed E-state index contributed by atoms with van der Waals surface area (Å²) in [6, 6.07) is 8.84. The number of nitrogens with zero attached hydrogens (tertiary/aromatic N) is 2. The molecule has 5 unspecified atom stereocenters. The lowest BCUT2D eigenvalue weighted by Gasteiger charge is -2.30. The molecule has 2 saturated heterocycles. The van der Waals surface area contributed by atoms with Crippen LogP contribution in [0.2, 0.25) is 0 Å². The van der Waals surface area contributed by atoms with E-state index in [1.165, 1.54) is 0 Å². The summed E-state index contributed by atoms with van der Waals surface area (Å²) < 4.78 is 0. The maximum absolute atomic E-state index is 13.7. The zero-order valence-electron chi connectivity index (χ0n) is 22.6. The molecule has 4 rings (SSSR count). The summed E-state index contributed by atoms with van der Waals surface area (Å²) in [7, 11) is 0. The van der Waals surface area contributed by atoms with Crippen molar-refractivity contribution >= 4 is 34.8 Å². The normalized spacial score (nSPS) is 21.4. The summed E-state index contributed by atoms with van der Waals surface area (Å²) in [5.74, 6) is -0.831. The summed E-state index contributed by atoms with van der Waals surface area (Å²) in [5.41, 5.74) is 7.69. The van der Waals surface area contributed by atoms with E-state index in [-0.39, 0.29) is 47.9 Å². The van der Waals surface area contributed by atoms with Crippen molar-refractivity contribution in [1.29, 1.82) is 0 Å². The molecule has 0 saturated carbocycles. The van der Waals surface area contributed by atoms with E-state index in [0.29, 0.717) is 24.9 Å². The van der Waals surface area contributed by atoms with Gasteiger partial charge in [-0.3, -0.25) is 19.2 Å². The van der Waals surface area contributed by atoms with E-state index in [1.54, 1.807) is 33.3 Å². The quantitative estimate of drug-likeness (QED) is 0.509. The monoisotopic (exact) mass is 538 g/mol. The first-order chi connectivity index (χ1) is 18.1. The number of nitrogens with one attached hydrogen (secondary N) is 1. The number of carbonyl (C=O) groups is 4. The number of nitrogens with two attached hydrogens (primary N) is 1. The van der Waals surface area contributed by atoms with Gasteiger partial charge in [-0.25, -0.2) is 0 Å². The fourth-order valence-electron chi connectivity index (χ4n) is 5.41. The van der Waals surface area contributed by atoms with E-state index in [1.807, 2.05) is 57.3 Å². The average molecular weight is 539 g/mol. The van der Waals surface area contributed by atoms with Crippen molar-refractivity contribution in [3.63, 3.8) is 0 Å². The van der Waals surface area contributed by atoms with Crippen molar-refractivity contribution in [2.75, 3.05) is 13.1 Å². The highest BCUT2D eigenvalue weighted by Crippen LogP contribution is 2.32. The molecule has 2 aromatic rings. The number of fused-ring (bicyclic) bond motifs is 1. The lowest BCUT2D eigenvalue weighted by molar-refractivity contribution is -0.138. The molecular weight excluding hydrogens is 500 g/mol. The maximum Gasteiger partial charge on any atom is 0.251 e. The van der Waals surface area contributed by atoms with E-state index in [9.17, 15) is 19.2 Å². The number of ketones is 1. The van der Waals surface area contributed by atoms with Crippen LogP contribution in [0.25, 0.3) is 10.4 Å². The zero-order chi connectivity index (χ0) is 27.6. The molecule has 8 nitrogen and oxygen atoms in total. The van der Waals surface area contributed by atoms with Crippen molar-refractivity contribution in [3.05, 3.63) is 47.3 Å². The number of Topliss-reactive ketones (excluding diaryl/α,β-unsaturated/α-hetero) is 1. The van der Waals surface area contributed by atoms with E-state index >= 15 is 0 Å². The third-order valence-electron chi connectivity index (χ3n) is 7.79. The second kappa shape index (κ2) is 11.8. The lowest BCUT2D eigenvalue weighted by Crippen LogP contribution is -2.53. The van der Waals surface area contributed by atoms with Gasteiger partial charge in [0.05, 0.1) is 18.6 Å². The van der Waals surface area contributed by atoms with Gasteiger partial charge in [0.1, 0.15) is 12.1 Å².